The van der Waals surface area contributed by atoms with Gasteiger partial charge in [-0.05, 0) is 48.0 Å². The fourth-order valence-electron chi connectivity index (χ4n) is 3.28. The van der Waals surface area contributed by atoms with Crippen LogP contribution < -0.4 is 10.2 Å². The Bertz CT molecular complexity index is 1240. The molecule has 0 radical (unpaired) electrons. The first-order valence-corrected chi connectivity index (χ1v) is 9.32. The van der Waals surface area contributed by atoms with Crippen LogP contribution in [-0.2, 0) is 0 Å². The van der Waals surface area contributed by atoms with Gasteiger partial charge in [0.2, 0.25) is 0 Å². The number of phenolic OH excluding ortho intramolecular Hbond substituents is 1. The molecule has 3 aromatic carbocycles. The fourth-order valence-corrected chi connectivity index (χ4v) is 3.28. The number of fused-ring (bicyclic) bond motifs is 1. The summed E-state index contributed by atoms with van der Waals surface area (Å²) in [5.74, 6) is 0.415. The Kier molecular flexibility index (Phi) is 5.17. The van der Waals surface area contributed by atoms with Crippen LogP contribution in [0.25, 0.3) is 22.0 Å². The minimum absolute atomic E-state index is 0.0891. The van der Waals surface area contributed by atoms with E-state index in [4.69, 9.17) is 4.74 Å². The van der Waals surface area contributed by atoms with E-state index < -0.39 is 5.91 Å². The number of H-pyrrole nitrogens is 1. The van der Waals surface area contributed by atoms with Crippen LogP contribution in [-0.4, -0.2) is 34.5 Å². The Hall–Kier alpha value is -4.13. The molecule has 0 aliphatic heterocycles. The van der Waals surface area contributed by atoms with E-state index in [9.17, 15) is 9.90 Å². The number of carbonyl (C=O) groups is 1. The van der Waals surface area contributed by atoms with Crippen molar-refractivity contribution in [2.24, 2.45) is 5.10 Å². The van der Waals surface area contributed by atoms with E-state index in [1.54, 1.807) is 13.2 Å². The van der Waals surface area contributed by atoms with Gasteiger partial charge in [-0.2, -0.15) is 10.2 Å². The maximum Gasteiger partial charge on any atom is 0.289 e. The quantitative estimate of drug-likeness (QED) is 0.348. The van der Waals surface area contributed by atoms with Crippen LogP contribution in [0.1, 0.15) is 21.6 Å². The van der Waals surface area contributed by atoms with Crippen LogP contribution in [0.5, 0.6) is 11.5 Å². The number of aromatic hydroxyl groups is 1. The smallest absolute Gasteiger partial charge is 0.289 e. The normalized spacial score (nSPS) is 11.1. The Labute approximate surface area is 173 Å². The monoisotopic (exact) mass is 400 g/mol. The van der Waals surface area contributed by atoms with Crippen LogP contribution in [0, 0.1) is 6.92 Å². The molecule has 1 amide bonds. The molecular weight excluding hydrogens is 380 g/mol. The molecule has 30 heavy (non-hydrogen) atoms. The molecule has 7 heteroatoms. The molecule has 3 N–H and O–H groups in total. The first-order valence-electron chi connectivity index (χ1n) is 9.32. The van der Waals surface area contributed by atoms with Crippen molar-refractivity contribution in [2.75, 3.05) is 7.11 Å². The lowest BCUT2D eigenvalue weighted by atomic mass is 10.0. The molecule has 0 bridgehead atoms. The van der Waals surface area contributed by atoms with Crippen LogP contribution in [0.3, 0.4) is 0 Å². The Morgan fingerprint density at radius 2 is 1.90 bits per heavy atom. The third-order valence-corrected chi connectivity index (χ3v) is 4.91. The topological polar surface area (TPSA) is 99.6 Å². The highest BCUT2D eigenvalue weighted by Crippen LogP contribution is 2.26. The van der Waals surface area contributed by atoms with E-state index in [2.05, 4.69) is 20.7 Å². The second kappa shape index (κ2) is 8.08. The zero-order valence-electron chi connectivity index (χ0n) is 16.5. The summed E-state index contributed by atoms with van der Waals surface area (Å²) in [7, 11) is 1.61. The Balaban J connectivity index is 1.54. The van der Waals surface area contributed by atoms with Crippen molar-refractivity contribution in [1.82, 2.24) is 15.6 Å². The van der Waals surface area contributed by atoms with Gasteiger partial charge >= 0.3 is 0 Å². The second-order valence-electron chi connectivity index (χ2n) is 6.72. The number of nitrogens with zero attached hydrogens (tertiary/aromatic N) is 2. The predicted molar refractivity (Wildman–Crippen MR) is 116 cm³/mol. The number of hydrogen-bond acceptors (Lipinski definition) is 5. The van der Waals surface area contributed by atoms with Gasteiger partial charge in [0.1, 0.15) is 17.2 Å². The van der Waals surface area contributed by atoms with Crippen molar-refractivity contribution >= 4 is 22.9 Å². The minimum atomic E-state index is -0.421. The lowest BCUT2D eigenvalue weighted by molar-refractivity contribution is 0.0949. The van der Waals surface area contributed by atoms with E-state index in [-0.39, 0.29) is 5.75 Å². The lowest BCUT2D eigenvalue weighted by Gasteiger charge is -2.05. The molecule has 0 aliphatic rings. The molecule has 0 unspecified atom stereocenters. The van der Waals surface area contributed by atoms with Gasteiger partial charge in [-0.25, -0.2) is 5.43 Å². The van der Waals surface area contributed by atoms with E-state index in [0.717, 1.165) is 22.1 Å². The highest BCUT2D eigenvalue weighted by molar-refractivity contribution is 6.03. The summed E-state index contributed by atoms with van der Waals surface area (Å²) in [5, 5.41) is 23.0. The van der Waals surface area contributed by atoms with E-state index in [1.165, 1.54) is 6.21 Å². The summed E-state index contributed by atoms with van der Waals surface area (Å²) >= 11 is 0. The molecule has 7 nitrogen and oxygen atoms in total. The minimum Gasteiger partial charge on any atom is -0.507 e. The van der Waals surface area contributed by atoms with Crippen LogP contribution in [0.15, 0.2) is 65.8 Å². The Morgan fingerprint density at radius 3 is 2.67 bits per heavy atom. The number of nitrogens with one attached hydrogen (secondary N) is 2. The Morgan fingerprint density at radius 1 is 1.13 bits per heavy atom. The molecule has 1 aromatic heterocycles. The maximum atomic E-state index is 12.6. The summed E-state index contributed by atoms with van der Waals surface area (Å²) < 4.78 is 5.17. The number of ether oxygens (including phenoxy) is 1. The maximum absolute atomic E-state index is 12.6. The van der Waals surface area contributed by atoms with Crippen LogP contribution >= 0.6 is 0 Å². The van der Waals surface area contributed by atoms with Gasteiger partial charge in [0.05, 0.1) is 19.0 Å². The van der Waals surface area contributed by atoms with Crippen molar-refractivity contribution in [3.8, 4) is 22.8 Å². The van der Waals surface area contributed by atoms with E-state index >= 15 is 0 Å². The van der Waals surface area contributed by atoms with Gasteiger partial charge in [0.25, 0.3) is 5.91 Å². The van der Waals surface area contributed by atoms with Gasteiger partial charge in [-0.3, -0.25) is 9.89 Å². The zero-order valence-corrected chi connectivity index (χ0v) is 16.5. The van der Waals surface area contributed by atoms with Gasteiger partial charge in [-0.15, -0.1) is 0 Å². The first kappa shape index (κ1) is 19.2. The van der Waals surface area contributed by atoms with E-state index in [0.29, 0.717) is 22.5 Å². The molecule has 0 fully saturated rings. The standard InChI is InChI=1S/C23H20N4O3/c1-14-21(16-7-10-17(30-2)11-8-16)25-26-22(14)23(29)27-24-13-19-18-6-4-3-5-15(18)9-12-20(19)28/h3-13,28H,1-2H3,(H,25,26)(H,27,29)/b24-13+. The largest absolute Gasteiger partial charge is 0.507 e. The SMILES string of the molecule is COc1ccc(-c2n[nH]c(C(=O)N/N=C/c3c(O)ccc4ccccc34)c2C)cc1. The van der Waals surface area contributed by atoms with Crippen molar-refractivity contribution in [3.63, 3.8) is 0 Å². The zero-order chi connectivity index (χ0) is 21.1. The van der Waals surface area contributed by atoms with Crippen molar-refractivity contribution in [1.29, 1.82) is 0 Å². The molecule has 0 aliphatic carbocycles. The molecule has 4 aromatic rings. The number of carbonyl (C=O) groups excluding carboxylic acids is 1. The van der Waals surface area contributed by atoms with Crippen LogP contribution in [0.4, 0.5) is 0 Å². The molecule has 0 saturated heterocycles. The summed E-state index contributed by atoms with van der Waals surface area (Å²) in [5.41, 5.74) is 5.60. The van der Waals surface area contributed by atoms with Crippen LogP contribution in [0.2, 0.25) is 0 Å². The van der Waals surface area contributed by atoms with E-state index in [1.807, 2.05) is 61.5 Å². The van der Waals surface area contributed by atoms with Gasteiger partial charge in [0, 0.05) is 16.7 Å². The summed E-state index contributed by atoms with van der Waals surface area (Å²) in [4.78, 5) is 12.6. The summed E-state index contributed by atoms with van der Waals surface area (Å²) in [6.07, 6.45) is 1.44. The fraction of sp³-hybridized carbons (Fsp3) is 0.0870. The molecule has 0 saturated carbocycles. The molecule has 0 spiro atoms. The van der Waals surface area contributed by atoms with Crippen molar-refractivity contribution in [3.05, 3.63) is 77.5 Å². The number of hydrazone groups is 1. The molecule has 150 valence electrons. The molecule has 0 atom stereocenters. The van der Waals surface area contributed by atoms with Gasteiger partial charge < -0.3 is 9.84 Å². The number of rotatable bonds is 5. The number of methoxy groups -OCH3 is 1. The first-order chi connectivity index (χ1) is 14.6. The number of hydrogen-bond donors (Lipinski definition) is 3. The summed E-state index contributed by atoms with van der Waals surface area (Å²) in [6, 6.07) is 18.5. The number of benzene rings is 3. The number of phenols is 1. The van der Waals surface area contributed by atoms with Gasteiger partial charge in [-0.1, -0.05) is 30.3 Å². The third kappa shape index (κ3) is 3.60. The average Bonchev–Trinajstić information content (AvgIpc) is 3.16. The summed E-state index contributed by atoms with van der Waals surface area (Å²) in [6.45, 7) is 1.82. The van der Waals surface area contributed by atoms with Gasteiger partial charge in [0.15, 0.2) is 0 Å². The lowest BCUT2D eigenvalue weighted by Crippen LogP contribution is -2.19. The molecular formula is C23H20N4O3. The second-order valence-corrected chi connectivity index (χ2v) is 6.72. The highest BCUT2D eigenvalue weighted by Gasteiger charge is 2.16. The molecule has 4 rings (SSSR count). The number of aromatic amines is 1. The number of aromatic nitrogens is 2. The average molecular weight is 400 g/mol. The number of amides is 1. The van der Waals surface area contributed by atoms with Crippen molar-refractivity contribution < 1.29 is 14.6 Å². The third-order valence-electron chi connectivity index (χ3n) is 4.91. The van der Waals surface area contributed by atoms with Crippen molar-refractivity contribution in [2.45, 2.75) is 6.92 Å². The predicted octanol–water partition coefficient (Wildman–Crippen LogP) is 4.02. The highest BCUT2D eigenvalue weighted by atomic mass is 16.5. The molecule has 1 heterocycles.